The van der Waals surface area contributed by atoms with Gasteiger partial charge in [0.05, 0.1) is 0 Å². The third-order valence-corrected chi connectivity index (χ3v) is 3.51. The monoisotopic (exact) mass is 298 g/mol. The van der Waals surface area contributed by atoms with E-state index in [1.54, 1.807) is 0 Å². The van der Waals surface area contributed by atoms with Gasteiger partial charge in [0.25, 0.3) is 0 Å². The van der Waals surface area contributed by atoms with Gasteiger partial charge in [0.2, 0.25) is 11.8 Å². The molecule has 0 spiro atoms. The molecule has 0 rings (SSSR count). The van der Waals surface area contributed by atoms with Gasteiger partial charge in [0.15, 0.2) is 0 Å². The van der Waals surface area contributed by atoms with E-state index < -0.39 is 0 Å². The Labute approximate surface area is 130 Å². The van der Waals surface area contributed by atoms with E-state index in [2.05, 4.69) is 24.5 Å². The molecule has 0 aliphatic carbocycles. The molecule has 0 fully saturated rings. The molecule has 0 aliphatic rings. The topological polar surface area (TPSA) is 58.2 Å². The van der Waals surface area contributed by atoms with Crippen molar-refractivity contribution in [3.05, 3.63) is 0 Å². The highest BCUT2D eigenvalue weighted by Gasteiger charge is 2.00. The molecule has 0 aliphatic heterocycles. The van der Waals surface area contributed by atoms with Crippen LogP contribution in [0.3, 0.4) is 0 Å². The lowest BCUT2D eigenvalue weighted by Gasteiger charge is -2.06. The van der Waals surface area contributed by atoms with Gasteiger partial charge in [-0.1, -0.05) is 46.0 Å². The first-order valence-corrected chi connectivity index (χ1v) is 8.74. The maximum Gasteiger partial charge on any atom is 0.219 e. The molecule has 0 aromatic heterocycles. The van der Waals surface area contributed by atoms with Crippen LogP contribution in [0.2, 0.25) is 0 Å². The maximum atomic E-state index is 11.4. The van der Waals surface area contributed by atoms with Gasteiger partial charge in [-0.15, -0.1) is 0 Å². The van der Waals surface area contributed by atoms with Crippen LogP contribution in [0.1, 0.15) is 84.5 Å². The van der Waals surface area contributed by atoms with Crippen LogP contribution in [0.15, 0.2) is 0 Å². The van der Waals surface area contributed by atoms with Gasteiger partial charge < -0.3 is 10.6 Å². The van der Waals surface area contributed by atoms with E-state index in [1.807, 2.05) is 0 Å². The van der Waals surface area contributed by atoms with Crippen molar-refractivity contribution in [3.8, 4) is 0 Å². The van der Waals surface area contributed by atoms with Gasteiger partial charge in [0, 0.05) is 25.9 Å². The van der Waals surface area contributed by atoms with E-state index in [-0.39, 0.29) is 11.8 Å². The molecule has 2 amide bonds. The predicted molar refractivity (Wildman–Crippen MR) is 88.2 cm³/mol. The largest absolute Gasteiger partial charge is 0.356 e. The summed E-state index contributed by atoms with van der Waals surface area (Å²) in [6, 6.07) is 0. The minimum absolute atomic E-state index is 0.187. The Kier molecular flexibility index (Phi) is 14.6. The Balaban J connectivity index is 3.19. The lowest BCUT2D eigenvalue weighted by molar-refractivity contribution is -0.122. The SMILES string of the molecule is CCCCC(=O)NCCCCCCCNC(=O)CCCC. The van der Waals surface area contributed by atoms with E-state index in [0.717, 1.165) is 64.5 Å². The molecule has 0 aromatic carbocycles. The predicted octanol–water partition coefficient (Wildman–Crippen LogP) is 3.55. The summed E-state index contributed by atoms with van der Waals surface area (Å²) >= 11 is 0. The molecule has 4 heteroatoms. The van der Waals surface area contributed by atoms with Gasteiger partial charge in [-0.05, 0) is 25.7 Å². The van der Waals surface area contributed by atoms with E-state index >= 15 is 0 Å². The summed E-state index contributed by atoms with van der Waals surface area (Å²) in [6.07, 6.45) is 11.0. The summed E-state index contributed by atoms with van der Waals surface area (Å²) in [5, 5.41) is 5.92. The zero-order valence-electron chi connectivity index (χ0n) is 14.0. The van der Waals surface area contributed by atoms with Crippen molar-refractivity contribution >= 4 is 11.8 Å². The summed E-state index contributed by atoms with van der Waals surface area (Å²) in [5.41, 5.74) is 0. The summed E-state index contributed by atoms with van der Waals surface area (Å²) in [4.78, 5) is 22.7. The normalized spacial score (nSPS) is 10.4. The number of rotatable bonds is 14. The van der Waals surface area contributed by atoms with Crippen molar-refractivity contribution in [1.82, 2.24) is 10.6 Å². The van der Waals surface area contributed by atoms with Crippen molar-refractivity contribution in [2.75, 3.05) is 13.1 Å². The average Bonchev–Trinajstić information content (AvgIpc) is 2.49. The van der Waals surface area contributed by atoms with Crippen LogP contribution in [0.5, 0.6) is 0 Å². The van der Waals surface area contributed by atoms with Crippen LogP contribution in [0.25, 0.3) is 0 Å². The second kappa shape index (κ2) is 15.3. The summed E-state index contributed by atoms with van der Waals surface area (Å²) in [5.74, 6) is 0.373. The highest BCUT2D eigenvalue weighted by molar-refractivity contribution is 5.76. The van der Waals surface area contributed by atoms with E-state index in [1.165, 1.54) is 6.42 Å². The van der Waals surface area contributed by atoms with Gasteiger partial charge >= 0.3 is 0 Å². The molecule has 21 heavy (non-hydrogen) atoms. The molecule has 124 valence electrons. The Bertz CT molecular complexity index is 242. The Hall–Kier alpha value is -1.06. The average molecular weight is 298 g/mol. The van der Waals surface area contributed by atoms with Crippen molar-refractivity contribution in [1.29, 1.82) is 0 Å². The quantitative estimate of drug-likeness (QED) is 0.482. The van der Waals surface area contributed by atoms with Crippen molar-refractivity contribution in [2.24, 2.45) is 0 Å². The molecule has 0 heterocycles. The molecule has 0 bridgehead atoms. The number of carbonyl (C=O) groups excluding carboxylic acids is 2. The van der Waals surface area contributed by atoms with E-state index in [0.29, 0.717) is 12.8 Å². The summed E-state index contributed by atoms with van der Waals surface area (Å²) in [6.45, 7) is 5.80. The first kappa shape index (κ1) is 19.9. The Morgan fingerprint density at radius 1 is 0.619 bits per heavy atom. The van der Waals surface area contributed by atoms with Crippen LogP contribution in [-0.2, 0) is 9.59 Å². The number of amides is 2. The van der Waals surface area contributed by atoms with Crippen molar-refractivity contribution in [3.63, 3.8) is 0 Å². The second-order valence-electron chi connectivity index (χ2n) is 5.67. The van der Waals surface area contributed by atoms with E-state index in [9.17, 15) is 9.59 Å². The number of hydrogen-bond acceptors (Lipinski definition) is 2. The van der Waals surface area contributed by atoms with Crippen LogP contribution < -0.4 is 10.6 Å². The van der Waals surface area contributed by atoms with Crippen LogP contribution >= 0.6 is 0 Å². The molecule has 0 atom stereocenters. The number of carbonyl (C=O) groups is 2. The maximum absolute atomic E-state index is 11.4. The first-order valence-electron chi connectivity index (χ1n) is 8.74. The molecule has 4 nitrogen and oxygen atoms in total. The Morgan fingerprint density at radius 3 is 1.38 bits per heavy atom. The van der Waals surface area contributed by atoms with Gasteiger partial charge in [-0.2, -0.15) is 0 Å². The zero-order chi connectivity index (χ0) is 15.8. The first-order chi connectivity index (χ1) is 10.2. The van der Waals surface area contributed by atoms with Crippen LogP contribution in [-0.4, -0.2) is 24.9 Å². The number of unbranched alkanes of at least 4 members (excludes halogenated alkanes) is 6. The van der Waals surface area contributed by atoms with Crippen LogP contribution in [0, 0.1) is 0 Å². The fourth-order valence-corrected chi connectivity index (χ4v) is 2.09. The van der Waals surface area contributed by atoms with Gasteiger partial charge in [-0.3, -0.25) is 9.59 Å². The molecule has 0 aromatic rings. The molecule has 0 unspecified atom stereocenters. The van der Waals surface area contributed by atoms with Crippen molar-refractivity contribution < 1.29 is 9.59 Å². The molecule has 0 radical (unpaired) electrons. The van der Waals surface area contributed by atoms with Crippen LogP contribution in [0.4, 0.5) is 0 Å². The van der Waals surface area contributed by atoms with Gasteiger partial charge in [0.1, 0.15) is 0 Å². The fraction of sp³-hybridized carbons (Fsp3) is 0.882. The molecule has 0 saturated heterocycles. The fourth-order valence-electron chi connectivity index (χ4n) is 2.09. The minimum atomic E-state index is 0.187. The number of nitrogens with one attached hydrogen (secondary N) is 2. The molecular weight excluding hydrogens is 264 g/mol. The van der Waals surface area contributed by atoms with Crippen molar-refractivity contribution in [2.45, 2.75) is 84.5 Å². The highest BCUT2D eigenvalue weighted by Crippen LogP contribution is 2.02. The molecule has 2 N–H and O–H groups in total. The molecular formula is C17H34N2O2. The number of hydrogen-bond donors (Lipinski definition) is 2. The second-order valence-corrected chi connectivity index (χ2v) is 5.67. The zero-order valence-corrected chi connectivity index (χ0v) is 14.0. The third-order valence-electron chi connectivity index (χ3n) is 3.51. The van der Waals surface area contributed by atoms with E-state index in [4.69, 9.17) is 0 Å². The smallest absolute Gasteiger partial charge is 0.219 e. The third kappa shape index (κ3) is 15.2. The van der Waals surface area contributed by atoms with Gasteiger partial charge in [-0.25, -0.2) is 0 Å². The molecule has 0 saturated carbocycles. The summed E-state index contributed by atoms with van der Waals surface area (Å²) in [7, 11) is 0. The standard InChI is InChI=1S/C17H34N2O2/c1-3-5-12-16(20)18-14-10-8-7-9-11-15-19-17(21)13-6-4-2/h3-15H2,1-2H3,(H,18,20)(H,19,21). The lowest BCUT2D eigenvalue weighted by atomic mass is 10.1. The highest BCUT2D eigenvalue weighted by atomic mass is 16.2. The lowest BCUT2D eigenvalue weighted by Crippen LogP contribution is -2.24. The Morgan fingerprint density at radius 2 is 1.00 bits per heavy atom. The summed E-state index contributed by atoms with van der Waals surface area (Å²) < 4.78 is 0. The minimum Gasteiger partial charge on any atom is -0.356 e.